The molecule has 0 unspecified atom stereocenters. The molecule has 2 aromatic carbocycles. The summed E-state index contributed by atoms with van der Waals surface area (Å²) in [6.07, 6.45) is 1.82. The average Bonchev–Trinajstić information content (AvgIpc) is 3.44. The third kappa shape index (κ3) is 4.51. The van der Waals surface area contributed by atoms with Crippen LogP contribution in [0, 0.1) is 5.82 Å². The second-order valence-corrected chi connectivity index (χ2v) is 6.61. The van der Waals surface area contributed by atoms with Gasteiger partial charge in [0.05, 0.1) is 25.4 Å². The van der Waals surface area contributed by atoms with E-state index in [1.807, 2.05) is 44.2 Å². The Morgan fingerprint density at radius 3 is 2.56 bits per heavy atom. The number of ether oxygens (including phenoxy) is 2. The van der Waals surface area contributed by atoms with Crippen LogP contribution in [-0.2, 0) is 5.41 Å². The predicted molar refractivity (Wildman–Crippen MR) is 106 cm³/mol. The van der Waals surface area contributed by atoms with Gasteiger partial charge in [-0.25, -0.2) is 4.39 Å². The van der Waals surface area contributed by atoms with Gasteiger partial charge >= 0.3 is 0 Å². The van der Waals surface area contributed by atoms with E-state index in [0.717, 1.165) is 24.2 Å². The van der Waals surface area contributed by atoms with Gasteiger partial charge in [-0.2, -0.15) is 0 Å². The molecule has 0 amide bonds. The van der Waals surface area contributed by atoms with Crippen molar-refractivity contribution in [3.63, 3.8) is 0 Å². The largest absolute Gasteiger partial charge is 0.494 e. The number of hydrogen-bond donors (Lipinski definition) is 2. The molecule has 144 valence electrons. The van der Waals surface area contributed by atoms with Crippen LogP contribution < -0.4 is 20.5 Å². The molecule has 1 aliphatic rings. The van der Waals surface area contributed by atoms with Crippen molar-refractivity contribution in [2.24, 2.45) is 10.7 Å². The van der Waals surface area contributed by atoms with E-state index >= 15 is 0 Å². The van der Waals surface area contributed by atoms with Crippen molar-refractivity contribution >= 4 is 11.6 Å². The van der Waals surface area contributed by atoms with E-state index in [-0.39, 0.29) is 17.2 Å². The number of halogens is 1. The molecule has 0 aromatic heterocycles. The fraction of sp³-hybridized carbons (Fsp3) is 0.381. The maximum absolute atomic E-state index is 14.1. The van der Waals surface area contributed by atoms with Crippen LogP contribution in [0.3, 0.4) is 0 Å². The van der Waals surface area contributed by atoms with Gasteiger partial charge in [0.1, 0.15) is 17.3 Å². The summed E-state index contributed by atoms with van der Waals surface area (Å²) in [7, 11) is 0. The first-order valence-corrected chi connectivity index (χ1v) is 9.29. The maximum atomic E-state index is 14.1. The fourth-order valence-corrected chi connectivity index (χ4v) is 3.11. The van der Waals surface area contributed by atoms with E-state index in [0.29, 0.717) is 31.2 Å². The van der Waals surface area contributed by atoms with Crippen LogP contribution in [0.4, 0.5) is 10.1 Å². The Hall–Kier alpha value is -2.76. The molecule has 0 atom stereocenters. The molecule has 2 aromatic rings. The molecule has 0 radical (unpaired) electrons. The SMILES string of the molecule is CCOc1ccc(OCC)c(NC(N)=NCC2(c3ccccc3F)CC2)c1. The summed E-state index contributed by atoms with van der Waals surface area (Å²) in [6, 6.07) is 12.4. The van der Waals surface area contributed by atoms with Gasteiger partial charge in [-0.3, -0.25) is 4.99 Å². The quantitative estimate of drug-likeness (QED) is 0.542. The predicted octanol–water partition coefficient (Wildman–Crippen LogP) is 4.08. The number of nitrogens with zero attached hydrogens (tertiary/aromatic N) is 1. The fourth-order valence-electron chi connectivity index (χ4n) is 3.11. The molecule has 1 fully saturated rings. The van der Waals surface area contributed by atoms with Crippen LogP contribution in [0.5, 0.6) is 11.5 Å². The highest BCUT2D eigenvalue weighted by Gasteiger charge is 2.45. The van der Waals surface area contributed by atoms with Crippen LogP contribution in [0.15, 0.2) is 47.5 Å². The van der Waals surface area contributed by atoms with Crippen molar-refractivity contribution in [1.82, 2.24) is 0 Å². The number of anilines is 1. The molecular weight excluding hydrogens is 345 g/mol. The number of guanidine groups is 1. The van der Waals surface area contributed by atoms with E-state index in [4.69, 9.17) is 15.2 Å². The van der Waals surface area contributed by atoms with Crippen LogP contribution in [-0.4, -0.2) is 25.7 Å². The first-order chi connectivity index (χ1) is 13.1. The summed E-state index contributed by atoms with van der Waals surface area (Å²) in [5.74, 6) is 1.49. The number of benzene rings is 2. The molecule has 0 saturated heterocycles. The van der Waals surface area contributed by atoms with Crippen LogP contribution in [0.1, 0.15) is 32.3 Å². The summed E-state index contributed by atoms with van der Waals surface area (Å²) in [5.41, 5.74) is 7.26. The number of aliphatic imine (C=N–C) groups is 1. The van der Waals surface area contributed by atoms with E-state index in [1.165, 1.54) is 6.07 Å². The van der Waals surface area contributed by atoms with Crippen molar-refractivity contribution < 1.29 is 13.9 Å². The van der Waals surface area contributed by atoms with Gasteiger partial charge in [0.25, 0.3) is 0 Å². The van der Waals surface area contributed by atoms with E-state index < -0.39 is 0 Å². The highest BCUT2D eigenvalue weighted by molar-refractivity contribution is 5.94. The lowest BCUT2D eigenvalue weighted by Gasteiger charge is -2.16. The third-order valence-corrected chi connectivity index (χ3v) is 4.68. The second-order valence-electron chi connectivity index (χ2n) is 6.61. The monoisotopic (exact) mass is 371 g/mol. The Bertz CT molecular complexity index is 819. The van der Waals surface area contributed by atoms with Gasteiger partial charge in [0, 0.05) is 11.5 Å². The van der Waals surface area contributed by atoms with Crippen molar-refractivity contribution in [3.05, 3.63) is 53.8 Å². The maximum Gasteiger partial charge on any atom is 0.193 e. The zero-order chi connectivity index (χ0) is 19.3. The molecule has 3 rings (SSSR count). The number of hydrogen-bond acceptors (Lipinski definition) is 3. The summed E-state index contributed by atoms with van der Waals surface area (Å²) < 4.78 is 25.3. The summed E-state index contributed by atoms with van der Waals surface area (Å²) in [6.45, 7) is 5.40. The molecule has 0 spiro atoms. The first kappa shape index (κ1) is 19.0. The summed E-state index contributed by atoms with van der Waals surface area (Å²) >= 11 is 0. The van der Waals surface area contributed by atoms with Gasteiger partial charge in [0.15, 0.2) is 5.96 Å². The Morgan fingerprint density at radius 2 is 1.89 bits per heavy atom. The minimum absolute atomic E-state index is 0.181. The van der Waals surface area contributed by atoms with Crippen molar-refractivity contribution in [2.45, 2.75) is 32.1 Å². The standard InChI is InChI=1S/C21H26FN3O2/c1-3-26-15-9-10-19(27-4-2)18(13-15)25-20(23)24-14-21(11-12-21)16-7-5-6-8-17(16)22/h5-10,13H,3-4,11-12,14H2,1-2H3,(H3,23,24,25). The number of rotatable bonds is 8. The van der Waals surface area contributed by atoms with Gasteiger partial charge in [-0.15, -0.1) is 0 Å². The van der Waals surface area contributed by atoms with Crippen molar-refractivity contribution in [3.8, 4) is 11.5 Å². The van der Waals surface area contributed by atoms with Gasteiger partial charge in [-0.1, -0.05) is 18.2 Å². The Balaban J connectivity index is 1.74. The van der Waals surface area contributed by atoms with Crippen molar-refractivity contribution in [2.75, 3.05) is 25.1 Å². The second kappa shape index (κ2) is 8.29. The zero-order valence-corrected chi connectivity index (χ0v) is 15.8. The van der Waals surface area contributed by atoms with E-state index in [1.54, 1.807) is 6.07 Å². The first-order valence-electron chi connectivity index (χ1n) is 9.29. The molecular formula is C21H26FN3O2. The van der Waals surface area contributed by atoms with Crippen LogP contribution >= 0.6 is 0 Å². The topological polar surface area (TPSA) is 68.9 Å². The lowest BCUT2D eigenvalue weighted by Crippen LogP contribution is -2.25. The summed E-state index contributed by atoms with van der Waals surface area (Å²) in [4.78, 5) is 4.47. The molecule has 0 aliphatic heterocycles. The molecule has 5 nitrogen and oxygen atoms in total. The van der Waals surface area contributed by atoms with Gasteiger partial charge < -0.3 is 20.5 Å². The normalized spacial score (nSPS) is 15.3. The highest BCUT2D eigenvalue weighted by atomic mass is 19.1. The van der Waals surface area contributed by atoms with Crippen LogP contribution in [0.2, 0.25) is 0 Å². The molecule has 3 N–H and O–H groups in total. The van der Waals surface area contributed by atoms with E-state index in [9.17, 15) is 4.39 Å². The minimum Gasteiger partial charge on any atom is -0.494 e. The molecule has 0 bridgehead atoms. The molecule has 6 heteroatoms. The Labute approximate surface area is 159 Å². The van der Waals surface area contributed by atoms with Crippen LogP contribution in [0.25, 0.3) is 0 Å². The Morgan fingerprint density at radius 1 is 1.15 bits per heavy atom. The Kier molecular flexibility index (Phi) is 5.84. The van der Waals surface area contributed by atoms with Gasteiger partial charge in [-0.05, 0) is 50.5 Å². The molecule has 1 aliphatic carbocycles. The highest BCUT2D eigenvalue weighted by Crippen LogP contribution is 2.49. The lowest BCUT2D eigenvalue weighted by atomic mass is 9.95. The molecule has 0 heterocycles. The third-order valence-electron chi connectivity index (χ3n) is 4.68. The van der Waals surface area contributed by atoms with Gasteiger partial charge in [0.2, 0.25) is 0 Å². The summed E-state index contributed by atoms with van der Waals surface area (Å²) in [5, 5.41) is 3.09. The van der Waals surface area contributed by atoms with Crippen molar-refractivity contribution in [1.29, 1.82) is 0 Å². The lowest BCUT2D eigenvalue weighted by molar-refractivity contribution is 0.332. The molecule has 27 heavy (non-hydrogen) atoms. The smallest absolute Gasteiger partial charge is 0.193 e. The minimum atomic E-state index is -0.242. The number of nitrogens with two attached hydrogens (primary N) is 1. The number of nitrogens with one attached hydrogen (secondary N) is 1. The average molecular weight is 371 g/mol. The zero-order valence-electron chi connectivity index (χ0n) is 15.8. The van der Waals surface area contributed by atoms with E-state index in [2.05, 4.69) is 10.3 Å². The molecule has 1 saturated carbocycles.